The predicted octanol–water partition coefficient (Wildman–Crippen LogP) is 3.58. The van der Waals surface area contributed by atoms with Gasteiger partial charge in [-0.25, -0.2) is 0 Å². The van der Waals surface area contributed by atoms with Crippen LogP contribution < -0.4 is 5.32 Å². The van der Waals surface area contributed by atoms with Gasteiger partial charge in [-0.15, -0.1) is 12.4 Å². The standard InChI is InChI=1S/C18H28N2O.ClH/c1-14(2)17-6-4-16(5-7-17)13-20(3)18(21)12-15-8-10-19-11-9-15;/h4-7,14-15,19H,8-13H2,1-3H3;1H. The third-order valence-corrected chi connectivity index (χ3v) is 4.41. The zero-order valence-electron chi connectivity index (χ0n) is 14.0. The van der Waals surface area contributed by atoms with Crippen molar-refractivity contribution in [2.24, 2.45) is 5.92 Å². The van der Waals surface area contributed by atoms with Crippen LogP contribution >= 0.6 is 12.4 Å². The number of hydrogen-bond donors (Lipinski definition) is 1. The second-order valence-electron chi connectivity index (χ2n) is 6.54. The van der Waals surface area contributed by atoms with E-state index in [-0.39, 0.29) is 18.3 Å². The van der Waals surface area contributed by atoms with E-state index in [1.807, 2.05) is 11.9 Å². The predicted molar refractivity (Wildman–Crippen MR) is 94.5 cm³/mol. The lowest BCUT2D eigenvalue weighted by atomic mass is 9.94. The molecule has 2 rings (SSSR count). The normalized spacial score (nSPS) is 15.5. The summed E-state index contributed by atoms with van der Waals surface area (Å²) in [4.78, 5) is 14.2. The molecule has 0 aliphatic carbocycles. The van der Waals surface area contributed by atoms with Gasteiger partial charge < -0.3 is 10.2 Å². The minimum atomic E-state index is 0. The highest BCUT2D eigenvalue weighted by molar-refractivity contribution is 5.85. The monoisotopic (exact) mass is 324 g/mol. The van der Waals surface area contributed by atoms with E-state index < -0.39 is 0 Å². The van der Waals surface area contributed by atoms with E-state index in [9.17, 15) is 4.79 Å². The second-order valence-corrected chi connectivity index (χ2v) is 6.54. The van der Waals surface area contributed by atoms with Gasteiger partial charge in [0.15, 0.2) is 0 Å². The number of rotatable bonds is 5. The van der Waals surface area contributed by atoms with Crippen LogP contribution in [0.5, 0.6) is 0 Å². The molecule has 0 atom stereocenters. The Morgan fingerprint density at radius 1 is 1.23 bits per heavy atom. The van der Waals surface area contributed by atoms with Crippen LogP contribution in [0.15, 0.2) is 24.3 Å². The number of piperidine rings is 1. The number of benzene rings is 1. The number of carbonyl (C=O) groups is 1. The van der Waals surface area contributed by atoms with Crippen LogP contribution in [0.2, 0.25) is 0 Å². The first-order valence-electron chi connectivity index (χ1n) is 8.09. The molecule has 1 aliphatic rings. The van der Waals surface area contributed by atoms with Crippen LogP contribution in [-0.4, -0.2) is 30.9 Å². The summed E-state index contributed by atoms with van der Waals surface area (Å²) in [5.41, 5.74) is 2.56. The van der Waals surface area contributed by atoms with Crippen molar-refractivity contribution in [1.29, 1.82) is 0 Å². The summed E-state index contributed by atoms with van der Waals surface area (Å²) >= 11 is 0. The summed E-state index contributed by atoms with van der Waals surface area (Å²) in [6.07, 6.45) is 2.95. The molecule has 1 N–H and O–H groups in total. The molecule has 1 heterocycles. The minimum absolute atomic E-state index is 0. The van der Waals surface area contributed by atoms with E-state index in [1.165, 1.54) is 11.1 Å². The third-order valence-electron chi connectivity index (χ3n) is 4.41. The molecule has 1 aromatic carbocycles. The molecule has 1 aromatic rings. The Morgan fingerprint density at radius 3 is 2.36 bits per heavy atom. The smallest absolute Gasteiger partial charge is 0.222 e. The number of nitrogens with one attached hydrogen (secondary N) is 1. The van der Waals surface area contributed by atoms with Crippen molar-refractivity contribution in [2.75, 3.05) is 20.1 Å². The largest absolute Gasteiger partial charge is 0.341 e. The molecule has 0 bridgehead atoms. The van der Waals surface area contributed by atoms with Gasteiger partial charge in [0.25, 0.3) is 0 Å². The molecule has 1 amide bonds. The molecular formula is C18H29ClN2O. The molecule has 3 nitrogen and oxygen atoms in total. The van der Waals surface area contributed by atoms with Crippen molar-refractivity contribution in [3.05, 3.63) is 35.4 Å². The van der Waals surface area contributed by atoms with Crippen LogP contribution in [0.1, 0.15) is 50.2 Å². The lowest BCUT2D eigenvalue weighted by Crippen LogP contribution is -2.33. The Hall–Kier alpha value is -1.06. The molecule has 0 aromatic heterocycles. The molecule has 0 spiro atoms. The van der Waals surface area contributed by atoms with E-state index in [2.05, 4.69) is 43.4 Å². The average molecular weight is 325 g/mol. The van der Waals surface area contributed by atoms with E-state index in [0.717, 1.165) is 25.9 Å². The zero-order chi connectivity index (χ0) is 15.2. The summed E-state index contributed by atoms with van der Waals surface area (Å²) < 4.78 is 0. The van der Waals surface area contributed by atoms with Crippen LogP contribution in [0.25, 0.3) is 0 Å². The zero-order valence-corrected chi connectivity index (χ0v) is 14.8. The van der Waals surface area contributed by atoms with Gasteiger partial charge >= 0.3 is 0 Å². The highest BCUT2D eigenvalue weighted by Crippen LogP contribution is 2.18. The van der Waals surface area contributed by atoms with E-state index in [0.29, 0.717) is 24.8 Å². The molecular weight excluding hydrogens is 296 g/mol. The lowest BCUT2D eigenvalue weighted by Gasteiger charge is -2.25. The summed E-state index contributed by atoms with van der Waals surface area (Å²) in [5.74, 6) is 1.39. The minimum Gasteiger partial charge on any atom is -0.341 e. The molecule has 0 radical (unpaired) electrons. The first-order chi connectivity index (χ1) is 10.1. The molecule has 1 fully saturated rings. The molecule has 1 aliphatic heterocycles. The molecule has 0 saturated carbocycles. The van der Waals surface area contributed by atoms with Gasteiger partial charge in [-0.05, 0) is 48.9 Å². The lowest BCUT2D eigenvalue weighted by molar-refractivity contribution is -0.131. The van der Waals surface area contributed by atoms with Gasteiger partial charge in [0, 0.05) is 20.0 Å². The van der Waals surface area contributed by atoms with Crippen molar-refractivity contribution >= 4 is 18.3 Å². The van der Waals surface area contributed by atoms with Crippen LogP contribution in [0.3, 0.4) is 0 Å². The van der Waals surface area contributed by atoms with Gasteiger partial charge in [-0.2, -0.15) is 0 Å². The fraction of sp³-hybridized carbons (Fsp3) is 0.611. The van der Waals surface area contributed by atoms with Crippen molar-refractivity contribution < 1.29 is 4.79 Å². The SMILES string of the molecule is CC(C)c1ccc(CN(C)C(=O)CC2CCNCC2)cc1.Cl. The first kappa shape index (κ1) is 19.0. The maximum absolute atomic E-state index is 12.3. The Bertz CT molecular complexity index is 453. The van der Waals surface area contributed by atoms with E-state index in [1.54, 1.807) is 0 Å². The average Bonchev–Trinajstić information content (AvgIpc) is 2.48. The first-order valence-corrected chi connectivity index (χ1v) is 8.09. The van der Waals surface area contributed by atoms with Gasteiger partial charge in [-0.3, -0.25) is 4.79 Å². The maximum atomic E-state index is 12.3. The highest BCUT2D eigenvalue weighted by Gasteiger charge is 2.19. The fourth-order valence-corrected chi connectivity index (χ4v) is 2.86. The van der Waals surface area contributed by atoms with Crippen LogP contribution in [0.4, 0.5) is 0 Å². The third kappa shape index (κ3) is 5.62. The molecule has 124 valence electrons. The molecule has 4 heteroatoms. The number of carbonyl (C=O) groups excluding carboxylic acids is 1. The summed E-state index contributed by atoms with van der Waals surface area (Å²) in [7, 11) is 1.92. The van der Waals surface area contributed by atoms with E-state index in [4.69, 9.17) is 0 Å². The number of nitrogens with zero attached hydrogens (tertiary/aromatic N) is 1. The van der Waals surface area contributed by atoms with Crippen molar-refractivity contribution in [1.82, 2.24) is 10.2 Å². The van der Waals surface area contributed by atoms with Gasteiger partial charge in [0.05, 0.1) is 0 Å². The molecule has 22 heavy (non-hydrogen) atoms. The van der Waals surface area contributed by atoms with Gasteiger partial charge in [0.2, 0.25) is 5.91 Å². The van der Waals surface area contributed by atoms with Crippen molar-refractivity contribution in [3.8, 4) is 0 Å². The number of hydrogen-bond acceptors (Lipinski definition) is 2. The summed E-state index contributed by atoms with van der Waals surface area (Å²) in [5, 5.41) is 3.35. The quantitative estimate of drug-likeness (QED) is 0.898. The Kier molecular flexibility index (Phi) is 7.91. The summed E-state index contributed by atoms with van der Waals surface area (Å²) in [6.45, 7) is 7.21. The van der Waals surface area contributed by atoms with Gasteiger partial charge in [-0.1, -0.05) is 38.1 Å². The fourth-order valence-electron chi connectivity index (χ4n) is 2.86. The Morgan fingerprint density at radius 2 is 1.82 bits per heavy atom. The topological polar surface area (TPSA) is 32.3 Å². The molecule has 1 saturated heterocycles. The second kappa shape index (κ2) is 9.16. The summed E-state index contributed by atoms with van der Waals surface area (Å²) in [6, 6.07) is 8.63. The van der Waals surface area contributed by atoms with Gasteiger partial charge in [0.1, 0.15) is 0 Å². The molecule has 0 unspecified atom stereocenters. The van der Waals surface area contributed by atoms with Crippen molar-refractivity contribution in [3.63, 3.8) is 0 Å². The Balaban J connectivity index is 0.00000242. The number of halogens is 1. The van der Waals surface area contributed by atoms with E-state index >= 15 is 0 Å². The van der Waals surface area contributed by atoms with Crippen molar-refractivity contribution in [2.45, 2.75) is 45.6 Å². The maximum Gasteiger partial charge on any atom is 0.222 e. The van der Waals surface area contributed by atoms with Crippen LogP contribution in [-0.2, 0) is 11.3 Å². The Labute approximate surface area is 140 Å². The number of amides is 1. The van der Waals surface area contributed by atoms with Crippen LogP contribution in [0, 0.1) is 5.92 Å². The highest BCUT2D eigenvalue weighted by atomic mass is 35.5.